The monoisotopic (exact) mass is 417 g/mol. The maximum Gasteiger partial charge on any atom is 0.225 e. The number of benzene rings is 2. The number of carbonyl (C=O) groups is 1. The Bertz CT molecular complexity index is 1030. The molecule has 1 N–H and O–H groups in total. The molecule has 0 spiro atoms. The smallest absolute Gasteiger partial charge is 0.225 e. The number of H-pyrrole nitrogens is 1. The van der Waals surface area contributed by atoms with Crippen molar-refractivity contribution < 1.29 is 4.79 Å². The van der Waals surface area contributed by atoms with Crippen molar-refractivity contribution in [3.05, 3.63) is 59.7 Å². The van der Waals surface area contributed by atoms with Gasteiger partial charge >= 0.3 is 0 Å². The molecule has 0 saturated carbocycles. The van der Waals surface area contributed by atoms with Crippen LogP contribution in [0.25, 0.3) is 11.0 Å². The lowest BCUT2D eigenvalue weighted by Crippen LogP contribution is -2.51. The second kappa shape index (κ2) is 8.71. The normalized spacial score (nSPS) is 18.6. The van der Waals surface area contributed by atoms with Gasteiger partial charge in [-0.1, -0.05) is 36.4 Å². The molecule has 0 unspecified atom stereocenters. The van der Waals surface area contributed by atoms with Crippen molar-refractivity contribution >= 4 is 22.9 Å². The highest BCUT2D eigenvalue weighted by molar-refractivity contribution is 5.80. The van der Waals surface area contributed by atoms with Gasteiger partial charge in [-0.2, -0.15) is 0 Å². The molecule has 2 aromatic carbocycles. The van der Waals surface area contributed by atoms with Crippen molar-refractivity contribution in [2.45, 2.75) is 26.3 Å². The Morgan fingerprint density at radius 2 is 1.74 bits per heavy atom. The first-order valence-electron chi connectivity index (χ1n) is 11.4. The van der Waals surface area contributed by atoms with E-state index in [1.807, 2.05) is 0 Å². The van der Waals surface area contributed by atoms with Crippen LogP contribution in [0.2, 0.25) is 0 Å². The third-order valence-corrected chi connectivity index (χ3v) is 6.70. The third-order valence-electron chi connectivity index (χ3n) is 6.70. The quantitative estimate of drug-likeness (QED) is 0.707. The highest BCUT2D eigenvalue weighted by atomic mass is 16.2. The number of piperazine rings is 1. The van der Waals surface area contributed by atoms with Gasteiger partial charge in [0.15, 0.2) is 0 Å². The molecule has 162 valence electrons. The Balaban J connectivity index is 1.12. The van der Waals surface area contributed by atoms with Crippen LogP contribution in [0, 0.1) is 12.8 Å². The van der Waals surface area contributed by atoms with Gasteiger partial charge in [-0.25, -0.2) is 4.98 Å². The van der Waals surface area contributed by atoms with Crippen LogP contribution in [0.3, 0.4) is 0 Å². The minimum absolute atomic E-state index is 0.142. The number of rotatable bonds is 4. The predicted molar refractivity (Wildman–Crippen MR) is 124 cm³/mol. The predicted octanol–water partition coefficient (Wildman–Crippen LogP) is 3.43. The standard InChI is InChI=1S/C25H31N5O/c1-19-7-8-22-23(17-19)27-25(26-22)30-11-9-21(10-12-30)24(31)29-15-13-28(14-16-29)18-20-5-3-2-4-6-20/h2-8,17,21H,9-16,18H2,1H3,(H,26,27). The molecule has 1 amide bonds. The van der Waals surface area contributed by atoms with Crippen molar-refractivity contribution in [3.8, 4) is 0 Å². The van der Waals surface area contributed by atoms with E-state index in [1.165, 1.54) is 11.1 Å². The number of hydrogen-bond acceptors (Lipinski definition) is 4. The molecule has 2 saturated heterocycles. The van der Waals surface area contributed by atoms with Crippen molar-refractivity contribution in [2.24, 2.45) is 5.92 Å². The van der Waals surface area contributed by atoms with Crippen LogP contribution in [0.5, 0.6) is 0 Å². The average Bonchev–Trinajstić information content (AvgIpc) is 3.23. The van der Waals surface area contributed by atoms with Crippen LogP contribution in [-0.4, -0.2) is 64.9 Å². The fraction of sp³-hybridized carbons (Fsp3) is 0.440. The maximum atomic E-state index is 13.1. The van der Waals surface area contributed by atoms with Crippen molar-refractivity contribution in [2.75, 3.05) is 44.2 Å². The van der Waals surface area contributed by atoms with Crippen LogP contribution < -0.4 is 4.90 Å². The maximum absolute atomic E-state index is 13.1. The Morgan fingerprint density at radius 1 is 1.00 bits per heavy atom. The number of piperidine rings is 1. The molecule has 3 heterocycles. The summed E-state index contributed by atoms with van der Waals surface area (Å²) in [6, 6.07) is 16.9. The van der Waals surface area contributed by atoms with Crippen molar-refractivity contribution in [3.63, 3.8) is 0 Å². The van der Waals surface area contributed by atoms with E-state index in [1.54, 1.807) is 0 Å². The molecule has 3 aromatic rings. The summed E-state index contributed by atoms with van der Waals surface area (Å²) < 4.78 is 0. The SMILES string of the molecule is Cc1ccc2nc(N3CCC(C(=O)N4CCN(Cc5ccccc5)CC4)CC3)[nH]c2c1. The molecule has 0 atom stereocenters. The summed E-state index contributed by atoms with van der Waals surface area (Å²) >= 11 is 0. The van der Waals surface area contributed by atoms with E-state index >= 15 is 0 Å². The Kier molecular flexibility index (Phi) is 5.64. The molecule has 31 heavy (non-hydrogen) atoms. The highest BCUT2D eigenvalue weighted by Crippen LogP contribution is 2.25. The fourth-order valence-corrected chi connectivity index (χ4v) is 4.82. The minimum Gasteiger partial charge on any atom is -0.342 e. The van der Waals surface area contributed by atoms with E-state index < -0.39 is 0 Å². The number of anilines is 1. The topological polar surface area (TPSA) is 55.5 Å². The van der Waals surface area contributed by atoms with E-state index in [0.29, 0.717) is 5.91 Å². The first kappa shape index (κ1) is 20.1. The largest absolute Gasteiger partial charge is 0.342 e. The van der Waals surface area contributed by atoms with Crippen LogP contribution in [-0.2, 0) is 11.3 Å². The second-order valence-electron chi connectivity index (χ2n) is 8.93. The Labute approximate surface area is 183 Å². The number of aryl methyl sites for hydroxylation is 1. The summed E-state index contributed by atoms with van der Waals surface area (Å²) in [6.45, 7) is 8.42. The molecule has 6 heteroatoms. The number of nitrogens with one attached hydrogen (secondary N) is 1. The highest BCUT2D eigenvalue weighted by Gasteiger charge is 2.31. The Hall–Kier alpha value is -2.86. The number of nitrogens with zero attached hydrogens (tertiary/aromatic N) is 4. The van der Waals surface area contributed by atoms with Crippen LogP contribution in [0.15, 0.2) is 48.5 Å². The van der Waals surface area contributed by atoms with Gasteiger partial charge in [0.25, 0.3) is 0 Å². The first-order valence-corrected chi connectivity index (χ1v) is 11.4. The van der Waals surface area contributed by atoms with E-state index in [-0.39, 0.29) is 5.92 Å². The zero-order valence-electron chi connectivity index (χ0n) is 18.3. The molecule has 1 aromatic heterocycles. The summed E-state index contributed by atoms with van der Waals surface area (Å²) in [7, 11) is 0. The summed E-state index contributed by atoms with van der Waals surface area (Å²) in [5.74, 6) is 1.42. The molecule has 2 aliphatic rings. The first-order chi connectivity index (χ1) is 15.2. The van der Waals surface area contributed by atoms with E-state index in [0.717, 1.165) is 75.6 Å². The third kappa shape index (κ3) is 4.44. The second-order valence-corrected chi connectivity index (χ2v) is 8.93. The minimum atomic E-state index is 0.142. The molecule has 5 rings (SSSR count). The molecule has 0 radical (unpaired) electrons. The molecule has 0 bridgehead atoms. The lowest BCUT2D eigenvalue weighted by atomic mass is 9.95. The summed E-state index contributed by atoms with van der Waals surface area (Å²) in [6.07, 6.45) is 1.80. The Morgan fingerprint density at radius 3 is 2.48 bits per heavy atom. The lowest BCUT2D eigenvalue weighted by Gasteiger charge is -2.38. The van der Waals surface area contributed by atoms with Gasteiger partial charge in [0.1, 0.15) is 0 Å². The number of aromatic nitrogens is 2. The molecular weight excluding hydrogens is 386 g/mol. The van der Waals surface area contributed by atoms with Gasteiger partial charge in [-0.3, -0.25) is 9.69 Å². The van der Waals surface area contributed by atoms with Gasteiger partial charge in [0.05, 0.1) is 11.0 Å². The fourth-order valence-electron chi connectivity index (χ4n) is 4.82. The molecule has 6 nitrogen and oxygen atoms in total. The molecule has 0 aliphatic carbocycles. The molecular formula is C25H31N5O. The van der Waals surface area contributed by atoms with Crippen LogP contribution in [0.4, 0.5) is 5.95 Å². The van der Waals surface area contributed by atoms with Crippen molar-refractivity contribution in [1.29, 1.82) is 0 Å². The summed E-state index contributed by atoms with van der Waals surface area (Å²) in [4.78, 5) is 28.1. The van der Waals surface area contributed by atoms with E-state index in [4.69, 9.17) is 4.98 Å². The number of imidazole rings is 1. The zero-order chi connectivity index (χ0) is 21.2. The van der Waals surface area contributed by atoms with E-state index in [2.05, 4.69) is 75.1 Å². The number of amides is 1. The van der Waals surface area contributed by atoms with Gasteiger partial charge in [-0.15, -0.1) is 0 Å². The molecule has 2 fully saturated rings. The lowest BCUT2D eigenvalue weighted by molar-refractivity contribution is -0.138. The zero-order valence-corrected chi connectivity index (χ0v) is 18.3. The van der Waals surface area contributed by atoms with Crippen LogP contribution >= 0.6 is 0 Å². The van der Waals surface area contributed by atoms with Gasteiger partial charge < -0.3 is 14.8 Å². The van der Waals surface area contributed by atoms with Gasteiger partial charge in [0, 0.05) is 51.7 Å². The van der Waals surface area contributed by atoms with Crippen LogP contribution in [0.1, 0.15) is 24.0 Å². The number of hydrogen-bond donors (Lipinski definition) is 1. The summed E-state index contributed by atoms with van der Waals surface area (Å²) in [5, 5.41) is 0. The van der Waals surface area contributed by atoms with Gasteiger partial charge in [-0.05, 0) is 43.0 Å². The van der Waals surface area contributed by atoms with Crippen molar-refractivity contribution in [1.82, 2.24) is 19.8 Å². The average molecular weight is 418 g/mol. The number of fused-ring (bicyclic) bond motifs is 1. The summed E-state index contributed by atoms with van der Waals surface area (Å²) in [5.41, 5.74) is 4.67. The van der Waals surface area contributed by atoms with Gasteiger partial charge in [0.2, 0.25) is 11.9 Å². The number of carbonyl (C=O) groups excluding carboxylic acids is 1. The van der Waals surface area contributed by atoms with E-state index in [9.17, 15) is 4.79 Å². The number of aromatic amines is 1. The molecule has 2 aliphatic heterocycles.